The van der Waals surface area contributed by atoms with Crippen LogP contribution < -0.4 is 0 Å². The van der Waals surface area contributed by atoms with Crippen LogP contribution in [-0.4, -0.2) is 43.1 Å². The summed E-state index contributed by atoms with van der Waals surface area (Å²) in [4.78, 5) is 12.7. The maximum absolute atomic E-state index is 12.7. The summed E-state index contributed by atoms with van der Waals surface area (Å²) in [5, 5.41) is 18.1. The van der Waals surface area contributed by atoms with Crippen molar-refractivity contribution in [1.29, 1.82) is 0 Å². The number of hydrazone groups is 1. The van der Waals surface area contributed by atoms with E-state index in [1.807, 2.05) is 60.7 Å². The highest BCUT2D eigenvalue weighted by atomic mass is 32.2. The Labute approximate surface area is 154 Å². The molecule has 1 atom stereocenters. The molecule has 0 N–H and O–H groups in total. The van der Waals surface area contributed by atoms with Gasteiger partial charge in [0.25, 0.3) is 5.91 Å². The van der Waals surface area contributed by atoms with Crippen molar-refractivity contribution >= 4 is 23.9 Å². The molecule has 0 saturated heterocycles. The lowest BCUT2D eigenvalue weighted by Gasteiger charge is -2.21. The van der Waals surface area contributed by atoms with E-state index < -0.39 is 0 Å². The minimum Gasteiger partial charge on any atom is -0.272 e. The summed E-state index contributed by atoms with van der Waals surface area (Å²) in [7, 11) is 0. The van der Waals surface area contributed by atoms with E-state index in [2.05, 4.69) is 20.6 Å². The van der Waals surface area contributed by atoms with Gasteiger partial charge in [0.1, 0.15) is 0 Å². The number of amides is 1. The molecule has 0 bridgehead atoms. The van der Waals surface area contributed by atoms with Crippen molar-refractivity contribution in [3.05, 3.63) is 66.2 Å². The van der Waals surface area contributed by atoms with Gasteiger partial charge in [0.15, 0.2) is 0 Å². The fraction of sp³-hybridized carbons (Fsp3) is 0.167. The van der Waals surface area contributed by atoms with Gasteiger partial charge in [-0.15, -0.1) is 5.10 Å². The van der Waals surface area contributed by atoms with Crippen molar-refractivity contribution in [3.8, 4) is 5.69 Å². The van der Waals surface area contributed by atoms with Crippen molar-refractivity contribution in [2.24, 2.45) is 5.10 Å². The van der Waals surface area contributed by atoms with Crippen LogP contribution in [0.25, 0.3) is 5.69 Å². The van der Waals surface area contributed by atoms with Crippen molar-refractivity contribution in [2.45, 2.75) is 17.6 Å². The van der Waals surface area contributed by atoms with Crippen molar-refractivity contribution in [2.75, 3.05) is 5.75 Å². The molecule has 1 aliphatic rings. The molecule has 1 aliphatic heterocycles. The van der Waals surface area contributed by atoms with Crippen LogP contribution in [0, 0.1) is 0 Å². The first-order chi connectivity index (χ1) is 12.8. The Bertz CT molecular complexity index is 912. The molecule has 0 spiro atoms. The molecule has 0 unspecified atom stereocenters. The number of benzene rings is 2. The molecule has 0 saturated carbocycles. The van der Waals surface area contributed by atoms with Crippen molar-refractivity contribution in [3.63, 3.8) is 0 Å². The molecule has 7 nitrogen and oxygen atoms in total. The Morgan fingerprint density at radius 2 is 1.81 bits per heavy atom. The predicted molar refractivity (Wildman–Crippen MR) is 99.0 cm³/mol. The van der Waals surface area contributed by atoms with Crippen molar-refractivity contribution in [1.82, 2.24) is 25.2 Å². The molecule has 0 fully saturated rings. The molecule has 0 radical (unpaired) electrons. The van der Waals surface area contributed by atoms with Crippen LogP contribution in [0.1, 0.15) is 18.0 Å². The lowest BCUT2D eigenvalue weighted by molar-refractivity contribution is -0.130. The molecular weight excluding hydrogens is 348 g/mol. The number of hydrogen-bond donors (Lipinski definition) is 0. The predicted octanol–water partition coefficient (Wildman–Crippen LogP) is 2.71. The Kier molecular flexibility index (Phi) is 4.74. The molecule has 4 rings (SSSR count). The zero-order valence-electron chi connectivity index (χ0n) is 13.8. The maximum atomic E-state index is 12.7. The number of hydrogen-bond acceptors (Lipinski definition) is 6. The molecule has 1 aromatic heterocycles. The summed E-state index contributed by atoms with van der Waals surface area (Å²) in [6.45, 7) is 0. The summed E-state index contributed by atoms with van der Waals surface area (Å²) < 4.78 is 1.62. The van der Waals surface area contributed by atoms with E-state index >= 15 is 0 Å². The zero-order chi connectivity index (χ0) is 17.8. The quantitative estimate of drug-likeness (QED) is 0.651. The molecular formula is C18H16N6OS. The molecule has 26 heavy (non-hydrogen) atoms. The average Bonchev–Trinajstić information content (AvgIpc) is 3.37. The fourth-order valence-electron chi connectivity index (χ4n) is 2.80. The van der Waals surface area contributed by atoms with Crippen LogP contribution in [-0.2, 0) is 4.79 Å². The highest BCUT2D eigenvalue weighted by Gasteiger charge is 2.28. The molecule has 130 valence electrons. The monoisotopic (exact) mass is 364 g/mol. The number of rotatable bonds is 5. The van der Waals surface area contributed by atoms with Crippen LogP contribution in [0.3, 0.4) is 0 Å². The van der Waals surface area contributed by atoms with Gasteiger partial charge in [-0.05, 0) is 28.1 Å². The second-order valence-electron chi connectivity index (χ2n) is 5.70. The van der Waals surface area contributed by atoms with Crippen LogP contribution >= 0.6 is 11.8 Å². The zero-order valence-corrected chi connectivity index (χ0v) is 14.7. The highest BCUT2D eigenvalue weighted by molar-refractivity contribution is 7.99. The van der Waals surface area contributed by atoms with Crippen LogP contribution in [0.4, 0.5) is 0 Å². The van der Waals surface area contributed by atoms with Crippen LogP contribution in [0.2, 0.25) is 0 Å². The Balaban J connectivity index is 1.45. The van der Waals surface area contributed by atoms with Gasteiger partial charge in [-0.1, -0.05) is 60.3 Å². The van der Waals surface area contributed by atoms with Gasteiger partial charge in [-0.2, -0.15) is 9.78 Å². The second kappa shape index (κ2) is 7.49. The lowest BCUT2D eigenvalue weighted by atomic mass is 10.0. The standard InChI is InChI=1S/C18H16N6OS/c25-17(24-16(11-12-19-24)14-7-3-1-4-8-14)13-26-18-20-21-22-23(18)15-9-5-2-6-10-15/h1-10,12,16H,11,13H2/t16-/m1/s1. The Morgan fingerprint density at radius 3 is 2.58 bits per heavy atom. The molecule has 1 amide bonds. The Morgan fingerprint density at radius 1 is 1.08 bits per heavy atom. The lowest BCUT2D eigenvalue weighted by Crippen LogP contribution is -2.28. The number of nitrogens with zero attached hydrogens (tertiary/aromatic N) is 6. The third-order valence-electron chi connectivity index (χ3n) is 4.04. The minimum absolute atomic E-state index is 0.0468. The SMILES string of the molecule is O=C(CSc1nnnn1-c1ccccc1)N1N=CC[C@@H]1c1ccccc1. The van der Waals surface area contributed by atoms with E-state index in [9.17, 15) is 4.79 Å². The van der Waals surface area contributed by atoms with E-state index in [4.69, 9.17) is 0 Å². The van der Waals surface area contributed by atoms with E-state index in [1.54, 1.807) is 15.9 Å². The van der Waals surface area contributed by atoms with Crippen LogP contribution in [0.15, 0.2) is 70.9 Å². The third kappa shape index (κ3) is 3.36. The van der Waals surface area contributed by atoms with Gasteiger partial charge in [0, 0.05) is 12.6 Å². The molecule has 8 heteroatoms. The number of carbonyl (C=O) groups excluding carboxylic acids is 1. The second-order valence-corrected chi connectivity index (χ2v) is 6.64. The maximum Gasteiger partial charge on any atom is 0.253 e. The summed E-state index contributed by atoms with van der Waals surface area (Å²) in [5.74, 6) is 0.147. The van der Waals surface area contributed by atoms with E-state index in [0.717, 1.165) is 17.7 Å². The summed E-state index contributed by atoms with van der Waals surface area (Å²) >= 11 is 1.30. The number of aromatic nitrogens is 4. The van der Waals surface area contributed by atoms with Crippen molar-refractivity contribution < 1.29 is 4.79 Å². The molecule has 2 aromatic carbocycles. The fourth-order valence-corrected chi connectivity index (χ4v) is 3.54. The van der Waals surface area contributed by atoms with E-state index in [1.165, 1.54) is 11.8 Å². The van der Waals surface area contributed by atoms with Gasteiger partial charge in [0.2, 0.25) is 5.16 Å². The van der Waals surface area contributed by atoms with E-state index in [0.29, 0.717) is 5.16 Å². The first-order valence-electron chi connectivity index (χ1n) is 8.19. The summed E-state index contributed by atoms with van der Waals surface area (Å²) in [6, 6.07) is 19.5. The highest BCUT2D eigenvalue weighted by Crippen LogP contribution is 2.29. The number of carbonyl (C=O) groups is 1. The minimum atomic E-state index is -0.0692. The number of para-hydroxylation sites is 1. The molecule has 3 aromatic rings. The smallest absolute Gasteiger partial charge is 0.253 e. The molecule has 0 aliphatic carbocycles. The number of tetrazole rings is 1. The largest absolute Gasteiger partial charge is 0.272 e. The van der Waals surface area contributed by atoms with E-state index in [-0.39, 0.29) is 17.7 Å². The topological polar surface area (TPSA) is 76.3 Å². The average molecular weight is 364 g/mol. The first kappa shape index (κ1) is 16.5. The summed E-state index contributed by atoms with van der Waals surface area (Å²) in [5.41, 5.74) is 1.94. The summed E-state index contributed by atoms with van der Waals surface area (Å²) in [6.07, 6.45) is 2.51. The number of thioether (sulfide) groups is 1. The van der Waals surface area contributed by atoms with Gasteiger partial charge in [0.05, 0.1) is 17.5 Å². The van der Waals surface area contributed by atoms with Gasteiger partial charge >= 0.3 is 0 Å². The van der Waals surface area contributed by atoms with Gasteiger partial charge in [-0.3, -0.25) is 4.79 Å². The van der Waals surface area contributed by atoms with Gasteiger partial charge in [-0.25, -0.2) is 5.01 Å². The Hall–Kier alpha value is -3.00. The third-order valence-corrected chi connectivity index (χ3v) is 4.94. The van der Waals surface area contributed by atoms with Crippen LogP contribution in [0.5, 0.6) is 0 Å². The molecule has 2 heterocycles. The normalized spacial score (nSPS) is 16.2. The van der Waals surface area contributed by atoms with Gasteiger partial charge < -0.3 is 0 Å². The first-order valence-corrected chi connectivity index (χ1v) is 9.17.